The molecule has 1 atom stereocenters. The Kier molecular flexibility index (Phi) is 14.2. The summed E-state index contributed by atoms with van der Waals surface area (Å²) in [7, 11) is 0. The van der Waals surface area contributed by atoms with E-state index in [9.17, 15) is 9.59 Å². The Morgan fingerprint density at radius 3 is 1.82 bits per heavy atom. The number of carbonyl (C=O) groups excluding carboxylic acids is 2. The van der Waals surface area contributed by atoms with E-state index >= 15 is 0 Å². The van der Waals surface area contributed by atoms with Crippen LogP contribution in [0.1, 0.15) is 118 Å². The summed E-state index contributed by atoms with van der Waals surface area (Å²) in [4.78, 5) is 25.5. The van der Waals surface area contributed by atoms with Gasteiger partial charge in [-0.25, -0.2) is 4.79 Å². The molecule has 1 saturated heterocycles. The number of urea groups is 1. The molecule has 2 N–H and O–H groups in total. The summed E-state index contributed by atoms with van der Waals surface area (Å²) in [6, 6.07) is -0.567. The highest BCUT2D eigenvalue weighted by molar-refractivity contribution is 6.04. The zero-order valence-corrected chi connectivity index (χ0v) is 22.2. The van der Waals surface area contributed by atoms with E-state index in [4.69, 9.17) is 9.84 Å². The quantitative estimate of drug-likeness (QED) is 0.168. The Bertz CT molecular complexity index is 562. The van der Waals surface area contributed by atoms with Crippen LogP contribution in [0.3, 0.4) is 0 Å². The summed E-state index contributed by atoms with van der Waals surface area (Å²) in [6.45, 7) is 13.7. The maximum absolute atomic E-state index is 12.2. The van der Waals surface area contributed by atoms with Crippen LogP contribution >= 0.6 is 0 Å². The highest BCUT2D eigenvalue weighted by atomic mass is 16.5. The number of rotatable bonds is 20. The van der Waals surface area contributed by atoms with Crippen LogP contribution in [0.4, 0.5) is 4.79 Å². The fourth-order valence-corrected chi connectivity index (χ4v) is 4.64. The molecule has 0 aromatic heterocycles. The zero-order valence-electron chi connectivity index (χ0n) is 22.2. The third-order valence-electron chi connectivity index (χ3n) is 7.05. The van der Waals surface area contributed by atoms with Gasteiger partial charge in [0, 0.05) is 26.4 Å². The molecule has 1 aliphatic rings. The number of nitrogens with zero attached hydrogens (tertiary/aromatic N) is 1. The van der Waals surface area contributed by atoms with Crippen LogP contribution in [-0.4, -0.2) is 54.4 Å². The van der Waals surface area contributed by atoms with E-state index in [1.54, 1.807) is 0 Å². The van der Waals surface area contributed by atoms with Gasteiger partial charge in [-0.1, -0.05) is 60.3 Å². The van der Waals surface area contributed by atoms with Gasteiger partial charge in [0.2, 0.25) is 0 Å². The lowest BCUT2D eigenvalue weighted by Crippen LogP contribution is -2.33. The first kappa shape index (κ1) is 29.9. The van der Waals surface area contributed by atoms with Crippen molar-refractivity contribution >= 4 is 11.9 Å². The summed E-state index contributed by atoms with van der Waals surface area (Å²) in [5.41, 5.74) is 0.608. The van der Waals surface area contributed by atoms with E-state index < -0.39 is 0 Å². The zero-order chi connectivity index (χ0) is 24.7. The average molecular weight is 469 g/mol. The minimum Gasteiger partial charge on any atom is -0.396 e. The SMILES string of the molecule is CCC1NC(=O)N(CCCC(C)(C)CCCCOCCCCC(C)(C)CCCCCO)C1=O. The Hall–Kier alpha value is -1.14. The molecule has 1 heterocycles. The van der Waals surface area contributed by atoms with Crippen LogP contribution in [-0.2, 0) is 9.53 Å². The van der Waals surface area contributed by atoms with Gasteiger partial charge in [0.1, 0.15) is 6.04 Å². The van der Waals surface area contributed by atoms with Crippen molar-refractivity contribution in [3.05, 3.63) is 0 Å². The van der Waals surface area contributed by atoms with E-state index in [1.165, 1.54) is 30.6 Å². The van der Waals surface area contributed by atoms with E-state index in [0.717, 1.165) is 64.6 Å². The molecule has 0 spiro atoms. The number of amides is 3. The predicted molar refractivity (Wildman–Crippen MR) is 135 cm³/mol. The van der Waals surface area contributed by atoms with Crippen LogP contribution < -0.4 is 5.32 Å². The molecule has 0 aromatic rings. The van der Waals surface area contributed by atoms with Gasteiger partial charge in [-0.05, 0) is 68.6 Å². The van der Waals surface area contributed by atoms with Crippen molar-refractivity contribution in [3.63, 3.8) is 0 Å². The van der Waals surface area contributed by atoms with Crippen molar-refractivity contribution in [3.8, 4) is 0 Å². The molecule has 1 fully saturated rings. The van der Waals surface area contributed by atoms with Crippen molar-refractivity contribution in [2.45, 2.75) is 124 Å². The molecule has 0 radical (unpaired) electrons. The summed E-state index contributed by atoms with van der Waals surface area (Å²) >= 11 is 0. The lowest BCUT2D eigenvalue weighted by molar-refractivity contribution is -0.127. The Morgan fingerprint density at radius 2 is 1.33 bits per heavy atom. The number of hydrogen-bond donors (Lipinski definition) is 2. The number of carbonyl (C=O) groups is 2. The van der Waals surface area contributed by atoms with E-state index in [-0.39, 0.29) is 23.4 Å². The number of unbranched alkanes of at least 4 members (excludes halogenated alkanes) is 4. The van der Waals surface area contributed by atoms with Gasteiger partial charge in [0.05, 0.1) is 0 Å². The molecular weight excluding hydrogens is 416 g/mol. The van der Waals surface area contributed by atoms with Crippen LogP contribution in [0.2, 0.25) is 0 Å². The number of ether oxygens (including phenoxy) is 1. The third kappa shape index (κ3) is 12.8. The molecule has 0 bridgehead atoms. The normalized spacial score (nSPS) is 17.2. The van der Waals surface area contributed by atoms with Gasteiger partial charge in [0.15, 0.2) is 0 Å². The van der Waals surface area contributed by atoms with Crippen molar-refractivity contribution in [2.24, 2.45) is 10.8 Å². The summed E-state index contributed by atoms with van der Waals surface area (Å²) in [6.07, 6.45) is 14.0. The number of imide groups is 1. The largest absolute Gasteiger partial charge is 0.396 e. The fraction of sp³-hybridized carbons (Fsp3) is 0.926. The highest BCUT2D eigenvalue weighted by Crippen LogP contribution is 2.30. The predicted octanol–water partition coefficient (Wildman–Crippen LogP) is 6.06. The Balaban J connectivity index is 2.03. The van der Waals surface area contributed by atoms with E-state index in [2.05, 4.69) is 33.0 Å². The lowest BCUT2D eigenvalue weighted by Gasteiger charge is -2.25. The molecule has 0 aliphatic carbocycles. The van der Waals surface area contributed by atoms with Gasteiger partial charge >= 0.3 is 6.03 Å². The van der Waals surface area contributed by atoms with Crippen LogP contribution in [0.15, 0.2) is 0 Å². The number of aliphatic hydroxyl groups excluding tert-OH is 1. The second-order valence-corrected chi connectivity index (χ2v) is 11.4. The van der Waals surface area contributed by atoms with Gasteiger partial charge in [-0.15, -0.1) is 0 Å². The molecule has 0 saturated carbocycles. The van der Waals surface area contributed by atoms with Crippen LogP contribution in [0, 0.1) is 10.8 Å². The molecule has 1 rings (SSSR count). The smallest absolute Gasteiger partial charge is 0.324 e. The second-order valence-electron chi connectivity index (χ2n) is 11.4. The van der Waals surface area contributed by atoms with Gasteiger partial charge in [-0.2, -0.15) is 0 Å². The second kappa shape index (κ2) is 15.7. The standard InChI is InChI=1S/C27H52N2O4/c1-6-23-24(31)29(25(32)28-23)19-14-18-27(4,5)17-10-13-22-33-21-12-9-16-26(2,3)15-8-7-11-20-30/h23,30H,6-22H2,1-5H3,(H,28,32). The lowest BCUT2D eigenvalue weighted by atomic mass is 9.82. The number of hydrogen-bond acceptors (Lipinski definition) is 4. The van der Waals surface area contributed by atoms with Crippen molar-refractivity contribution in [2.75, 3.05) is 26.4 Å². The minimum absolute atomic E-state index is 0.0703. The molecule has 1 aliphatic heterocycles. The molecular formula is C27H52N2O4. The summed E-state index contributed by atoms with van der Waals surface area (Å²) < 4.78 is 5.85. The van der Waals surface area contributed by atoms with Gasteiger partial charge in [-0.3, -0.25) is 9.69 Å². The number of aliphatic hydroxyl groups is 1. The van der Waals surface area contributed by atoms with Gasteiger partial charge in [0.25, 0.3) is 5.91 Å². The van der Waals surface area contributed by atoms with Crippen LogP contribution in [0.25, 0.3) is 0 Å². The Morgan fingerprint density at radius 1 is 0.818 bits per heavy atom. The summed E-state index contributed by atoms with van der Waals surface area (Å²) in [5.74, 6) is -0.0703. The fourth-order valence-electron chi connectivity index (χ4n) is 4.64. The maximum atomic E-state index is 12.2. The first-order valence-electron chi connectivity index (χ1n) is 13.4. The first-order valence-corrected chi connectivity index (χ1v) is 13.4. The molecule has 1 unspecified atom stereocenters. The monoisotopic (exact) mass is 468 g/mol. The number of nitrogens with one attached hydrogen (secondary N) is 1. The summed E-state index contributed by atoms with van der Waals surface area (Å²) in [5, 5.41) is 11.6. The van der Waals surface area contributed by atoms with Crippen molar-refractivity contribution < 1.29 is 19.4 Å². The first-order chi connectivity index (χ1) is 15.6. The van der Waals surface area contributed by atoms with Crippen molar-refractivity contribution in [1.29, 1.82) is 0 Å². The molecule has 33 heavy (non-hydrogen) atoms. The van der Waals surface area contributed by atoms with E-state index in [0.29, 0.717) is 25.0 Å². The van der Waals surface area contributed by atoms with E-state index in [1.807, 2.05) is 6.92 Å². The molecule has 0 aromatic carbocycles. The third-order valence-corrected chi connectivity index (χ3v) is 7.05. The minimum atomic E-state index is -0.334. The van der Waals surface area contributed by atoms with Crippen LogP contribution in [0.5, 0.6) is 0 Å². The molecule has 6 nitrogen and oxygen atoms in total. The van der Waals surface area contributed by atoms with Gasteiger partial charge < -0.3 is 15.2 Å². The highest BCUT2D eigenvalue weighted by Gasteiger charge is 2.36. The molecule has 6 heteroatoms. The Labute approximate surface area is 203 Å². The van der Waals surface area contributed by atoms with Crippen molar-refractivity contribution in [1.82, 2.24) is 10.2 Å². The average Bonchev–Trinajstić information content (AvgIpc) is 3.03. The maximum Gasteiger partial charge on any atom is 0.324 e. The topological polar surface area (TPSA) is 78.9 Å². The molecule has 194 valence electrons. The molecule has 3 amide bonds.